The molecule has 1 N–H and O–H groups in total. The number of carbonyl (C=O) groups is 1. The lowest BCUT2D eigenvalue weighted by Gasteiger charge is -2.36. The van der Waals surface area contributed by atoms with Gasteiger partial charge >= 0.3 is 0 Å². The number of nitrogens with zero attached hydrogens (tertiary/aromatic N) is 3. The number of hydrogen-bond acceptors (Lipinski definition) is 6. The molecule has 0 saturated carbocycles. The van der Waals surface area contributed by atoms with Gasteiger partial charge in [-0.05, 0) is 36.4 Å². The minimum absolute atomic E-state index is 0.209. The largest absolute Gasteiger partial charge is 0.467 e. The van der Waals surface area contributed by atoms with Crippen LogP contribution < -0.4 is 15.1 Å². The summed E-state index contributed by atoms with van der Waals surface area (Å²) in [6, 6.07) is 10.2. The molecule has 3 heterocycles. The molecule has 0 radical (unpaired) electrons. The summed E-state index contributed by atoms with van der Waals surface area (Å²) in [4.78, 5) is 21.1. The van der Waals surface area contributed by atoms with E-state index in [1.54, 1.807) is 29.8 Å². The number of carbonyl (C=O) groups excluding carboxylic acids is 1. The highest BCUT2D eigenvalue weighted by molar-refractivity contribution is 7.13. The van der Waals surface area contributed by atoms with Crippen molar-refractivity contribution in [2.45, 2.75) is 6.54 Å². The SMILES string of the molecule is O=C(NCc1ccco1)c1csc(N2CCN(c3ccc(F)cc3)CC2)n1. The molecule has 0 unspecified atom stereocenters. The van der Waals surface area contributed by atoms with E-state index in [1.165, 1.54) is 23.5 Å². The van der Waals surface area contributed by atoms with Crippen LogP contribution in [0.1, 0.15) is 16.2 Å². The number of nitrogens with one attached hydrogen (secondary N) is 1. The molecule has 2 aromatic heterocycles. The van der Waals surface area contributed by atoms with Gasteiger partial charge in [0.05, 0.1) is 12.8 Å². The van der Waals surface area contributed by atoms with Crippen molar-refractivity contribution in [2.75, 3.05) is 36.0 Å². The predicted molar refractivity (Wildman–Crippen MR) is 103 cm³/mol. The molecule has 1 aromatic carbocycles. The van der Waals surface area contributed by atoms with Crippen LogP contribution in [0.25, 0.3) is 0 Å². The molecule has 140 valence electrons. The Hall–Kier alpha value is -2.87. The van der Waals surface area contributed by atoms with Crippen molar-refractivity contribution >= 4 is 28.1 Å². The minimum Gasteiger partial charge on any atom is -0.467 e. The smallest absolute Gasteiger partial charge is 0.271 e. The van der Waals surface area contributed by atoms with Crippen LogP contribution in [-0.2, 0) is 6.54 Å². The molecule has 27 heavy (non-hydrogen) atoms. The molecule has 0 spiro atoms. The Labute approximate surface area is 160 Å². The lowest BCUT2D eigenvalue weighted by atomic mass is 10.2. The van der Waals surface area contributed by atoms with Crippen LogP contribution in [-0.4, -0.2) is 37.1 Å². The summed E-state index contributed by atoms with van der Waals surface area (Å²) in [6.07, 6.45) is 1.58. The van der Waals surface area contributed by atoms with E-state index >= 15 is 0 Å². The van der Waals surface area contributed by atoms with E-state index in [0.29, 0.717) is 18.0 Å². The molecule has 1 fully saturated rings. The van der Waals surface area contributed by atoms with Crippen molar-refractivity contribution < 1.29 is 13.6 Å². The highest BCUT2D eigenvalue weighted by Gasteiger charge is 2.21. The Balaban J connectivity index is 1.32. The molecule has 4 rings (SSSR count). The molecule has 1 saturated heterocycles. The normalized spacial score (nSPS) is 14.4. The van der Waals surface area contributed by atoms with Crippen molar-refractivity contribution in [3.05, 3.63) is 65.3 Å². The van der Waals surface area contributed by atoms with Crippen LogP contribution in [0.5, 0.6) is 0 Å². The van der Waals surface area contributed by atoms with Gasteiger partial charge in [0, 0.05) is 37.2 Å². The summed E-state index contributed by atoms with van der Waals surface area (Å²) in [7, 11) is 0. The molecule has 1 aliphatic heterocycles. The van der Waals surface area contributed by atoms with E-state index in [0.717, 1.165) is 37.0 Å². The first-order valence-corrected chi connectivity index (χ1v) is 9.58. The first-order chi connectivity index (χ1) is 13.2. The van der Waals surface area contributed by atoms with Crippen molar-refractivity contribution in [3.63, 3.8) is 0 Å². The average Bonchev–Trinajstić information content (AvgIpc) is 3.39. The fourth-order valence-electron chi connectivity index (χ4n) is 2.99. The monoisotopic (exact) mass is 386 g/mol. The van der Waals surface area contributed by atoms with E-state index in [9.17, 15) is 9.18 Å². The molecule has 1 aliphatic rings. The number of halogens is 1. The van der Waals surface area contributed by atoms with Gasteiger partial charge in [0.1, 0.15) is 17.3 Å². The Morgan fingerprint density at radius 3 is 2.59 bits per heavy atom. The summed E-state index contributed by atoms with van der Waals surface area (Å²) in [5, 5.41) is 5.43. The van der Waals surface area contributed by atoms with Crippen molar-refractivity contribution in [2.24, 2.45) is 0 Å². The highest BCUT2D eigenvalue weighted by Crippen LogP contribution is 2.24. The van der Waals surface area contributed by atoms with E-state index in [4.69, 9.17) is 4.42 Å². The molecule has 0 aliphatic carbocycles. The number of aromatic nitrogens is 1. The van der Waals surface area contributed by atoms with Gasteiger partial charge in [-0.15, -0.1) is 11.3 Å². The van der Waals surface area contributed by atoms with Crippen LogP contribution in [0.3, 0.4) is 0 Å². The Kier molecular flexibility index (Phi) is 5.06. The van der Waals surface area contributed by atoms with Crippen molar-refractivity contribution in [3.8, 4) is 0 Å². The highest BCUT2D eigenvalue weighted by atomic mass is 32.1. The molecule has 0 bridgehead atoms. The Bertz CT molecular complexity index is 887. The topological polar surface area (TPSA) is 61.6 Å². The maximum Gasteiger partial charge on any atom is 0.271 e. The molecule has 0 atom stereocenters. The third kappa shape index (κ3) is 4.11. The zero-order chi connectivity index (χ0) is 18.6. The van der Waals surface area contributed by atoms with E-state index in [1.807, 2.05) is 6.07 Å². The lowest BCUT2D eigenvalue weighted by Crippen LogP contribution is -2.46. The zero-order valence-electron chi connectivity index (χ0n) is 14.6. The average molecular weight is 386 g/mol. The Morgan fingerprint density at radius 1 is 1.15 bits per heavy atom. The van der Waals surface area contributed by atoms with E-state index in [-0.39, 0.29) is 11.7 Å². The van der Waals surface area contributed by atoms with Gasteiger partial charge in [0.15, 0.2) is 5.13 Å². The second-order valence-electron chi connectivity index (χ2n) is 6.23. The summed E-state index contributed by atoms with van der Waals surface area (Å²) in [5.41, 5.74) is 1.44. The lowest BCUT2D eigenvalue weighted by molar-refractivity contribution is 0.0944. The number of furan rings is 1. The molecule has 1 amide bonds. The van der Waals surface area contributed by atoms with Gasteiger partial charge < -0.3 is 19.5 Å². The van der Waals surface area contributed by atoms with Crippen molar-refractivity contribution in [1.29, 1.82) is 0 Å². The summed E-state index contributed by atoms with van der Waals surface area (Å²) >= 11 is 1.47. The number of anilines is 2. The first-order valence-electron chi connectivity index (χ1n) is 8.70. The first kappa shape index (κ1) is 17.5. The molecule has 6 nitrogen and oxygen atoms in total. The van der Waals surface area contributed by atoms with E-state index in [2.05, 4.69) is 20.1 Å². The van der Waals surface area contributed by atoms with Gasteiger partial charge in [-0.3, -0.25) is 4.79 Å². The second kappa shape index (κ2) is 7.79. The number of thiazole rings is 1. The fourth-order valence-corrected chi connectivity index (χ4v) is 3.85. The van der Waals surface area contributed by atoms with Gasteiger partial charge in [-0.2, -0.15) is 0 Å². The zero-order valence-corrected chi connectivity index (χ0v) is 15.4. The van der Waals surface area contributed by atoms with Gasteiger partial charge in [0.25, 0.3) is 5.91 Å². The van der Waals surface area contributed by atoms with Gasteiger partial charge in [-0.25, -0.2) is 9.37 Å². The van der Waals surface area contributed by atoms with Gasteiger partial charge in [-0.1, -0.05) is 0 Å². The summed E-state index contributed by atoms with van der Waals surface area (Å²) < 4.78 is 18.3. The molecular weight excluding hydrogens is 367 g/mol. The van der Waals surface area contributed by atoms with Crippen LogP contribution in [0, 0.1) is 5.82 Å². The molecule has 3 aromatic rings. The van der Waals surface area contributed by atoms with Crippen LogP contribution in [0.4, 0.5) is 15.2 Å². The van der Waals surface area contributed by atoms with Crippen LogP contribution in [0.2, 0.25) is 0 Å². The van der Waals surface area contributed by atoms with Crippen molar-refractivity contribution in [1.82, 2.24) is 10.3 Å². The summed E-state index contributed by atoms with van der Waals surface area (Å²) in [5.74, 6) is 0.271. The Morgan fingerprint density at radius 2 is 1.89 bits per heavy atom. The maximum atomic E-state index is 13.1. The number of rotatable bonds is 5. The number of hydrogen-bond donors (Lipinski definition) is 1. The fraction of sp³-hybridized carbons (Fsp3) is 0.263. The van der Waals surface area contributed by atoms with Gasteiger partial charge in [0.2, 0.25) is 0 Å². The predicted octanol–water partition coefficient (Wildman–Crippen LogP) is 3.13. The quantitative estimate of drug-likeness (QED) is 0.730. The van der Waals surface area contributed by atoms with Crippen LogP contribution in [0.15, 0.2) is 52.5 Å². The third-order valence-electron chi connectivity index (χ3n) is 4.47. The standard InChI is InChI=1S/C19H19FN4O2S/c20-14-3-5-15(6-4-14)23-7-9-24(10-8-23)19-22-17(13-27-19)18(25)21-12-16-2-1-11-26-16/h1-6,11,13H,7-10,12H2,(H,21,25). The number of amides is 1. The third-order valence-corrected chi connectivity index (χ3v) is 5.37. The maximum absolute atomic E-state index is 13.1. The molecular formula is C19H19FN4O2S. The molecule has 8 heteroatoms. The minimum atomic E-state index is -0.224. The van der Waals surface area contributed by atoms with Crippen LogP contribution >= 0.6 is 11.3 Å². The number of benzene rings is 1. The number of piperazine rings is 1. The van der Waals surface area contributed by atoms with E-state index < -0.39 is 0 Å². The second-order valence-corrected chi connectivity index (χ2v) is 7.06. The summed E-state index contributed by atoms with van der Waals surface area (Å²) in [6.45, 7) is 3.60.